The predicted molar refractivity (Wildman–Crippen MR) is 181 cm³/mol. The van der Waals surface area contributed by atoms with Gasteiger partial charge < -0.3 is 0 Å². The van der Waals surface area contributed by atoms with Crippen LogP contribution in [0.15, 0.2) is 115 Å². The van der Waals surface area contributed by atoms with Crippen LogP contribution in [-0.4, -0.2) is 9.52 Å². The molecule has 1 aliphatic rings. The Bertz CT molecular complexity index is 1740. The van der Waals surface area contributed by atoms with E-state index in [-0.39, 0.29) is 0 Å². The van der Waals surface area contributed by atoms with E-state index in [1.807, 2.05) is 6.07 Å². The van der Waals surface area contributed by atoms with E-state index in [9.17, 15) is 0 Å². The first-order valence-corrected chi connectivity index (χ1v) is 21.4. The van der Waals surface area contributed by atoms with Gasteiger partial charge in [-0.1, -0.05) is 120 Å². The standard InChI is InChI=1S/C26H25.C12H7Si.2ClH.Zr/c1-17(2)22-15-21-10-11-24(20-8-6-5-7-9-20)26(25(21)16-22)23-13-18(3)12-19(4)14-23;1-3-7-11-9(5-1)10-6-2-4-8-12(10)13-11;;;/h5-17H,1-4H3;1-7H;2*1H;/q2*-1;;;+4/p-2. The van der Waals surface area contributed by atoms with Crippen molar-refractivity contribution in [2.45, 2.75) is 33.6 Å². The van der Waals surface area contributed by atoms with Crippen molar-refractivity contribution in [3.63, 3.8) is 0 Å². The van der Waals surface area contributed by atoms with Crippen molar-refractivity contribution in [2.24, 2.45) is 0 Å². The molecule has 0 N–H and O–H groups in total. The minimum absolute atomic E-state index is 0.537. The van der Waals surface area contributed by atoms with Crippen LogP contribution in [0.3, 0.4) is 0 Å². The first kappa shape index (κ1) is 30.8. The summed E-state index contributed by atoms with van der Waals surface area (Å²) in [4.78, 5) is 0. The van der Waals surface area contributed by atoms with Crippen LogP contribution in [-0.2, 0) is 20.8 Å². The van der Waals surface area contributed by atoms with Crippen molar-refractivity contribution >= 4 is 47.7 Å². The van der Waals surface area contributed by atoms with Crippen LogP contribution in [0.4, 0.5) is 0 Å². The second-order valence-electron chi connectivity index (χ2n) is 10.9. The van der Waals surface area contributed by atoms with Gasteiger partial charge in [-0.05, 0) is 36.5 Å². The quantitative estimate of drug-likeness (QED) is 0.129. The van der Waals surface area contributed by atoms with Gasteiger partial charge in [-0.15, -0.1) is 34.0 Å². The van der Waals surface area contributed by atoms with Gasteiger partial charge in [0.15, 0.2) is 0 Å². The van der Waals surface area contributed by atoms with E-state index < -0.39 is 20.8 Å². The molecule has 0 aliphatic carbocycles. The van der Waals surface area contributed by atoms with Crippen LogP contribution < -0.4 is 10.4 Å². The maximum absolute atomic E-state index is 4.93. The summed E-state index contributed by atoms with van der Waals surface area (Å²) in [5.41, 5.74) is 12.1. The molecule has 0 spiro atoms. The average molecular weight is 679 g/mol. The maximum Gasteiger partial charge on any atom is 0.0920 e. The summed E-state index contributed by atoms with van der Waals surface area (Å²) in [6.07, 6.45) is 0. The summed E-state index contributed by atoms with van der Waals surface area (Å²) >= 11 is -0.826. The fraction of sp³-hybridized carbons (Fsp3) is 0.132. The van der Waals surface area contributed by atoms with Gasteiger partial charge in [0.05, 0.1) is 9.52 Å². The minimum Gasteiger partial charge on any atom is -0.184 e. The molecule has 0 nitrogen and oxygen atoms in total. The fourth-order valence-corrected chi connectivity index (χ4v) is 6.96. The summed E-state index contributed by atoms with van der Waals surface area (Å²) in [7, 11) is 10.7. The Morgan fingerprint density at radius 1 is 0.714 bits per heavy atom. The molecule has 4 heteroatoms. The smallest absolute Gasteiger partial charge is 0.0920 e. The molecule has 1 aliphatic heterocycles. The summed E-state index contributed by atoms with van der Waals surface area (Å²) in [6.45, 7) is 8.90. The summed E-state index contributed by atoms with van der Waals surface area (Å²) in [5, 5.41) is 5.52. The van der Waals surface area contributed by atoms with E-state index in [1.54, 1.807) is 0 Å². The van der Waals surface area contributed by atoms with E-state index in [0.717, 1.165) is 9.52 Å². The number of hydrogen-bond acceptors (Lipinski definition) is 0. The molecule has 2 radical (unpaired) electrons. The van der Waals surface area contributed by atoms with Gasteiger partial charge in [-0.3, -0.25) is 0 Å². The first-order valence-electron chi connectivity index (χ1n) is 14.1. The van der Waals surface area contributed by atoms with Gasteiger partial charge in [0.25, 0.3) is 0 Å². The van der Waals surface area contributed by atoms with E-state index in [0.29, 0.717) is 5.92 Å². The van der Waals surface area contributed by atoms with Gasteiger partial charge in [0.2, 0.25) is 0 Å². The molecule has 206 valence electrons. The SMILES string of the molecule is Cc1cc(C)cc(-c2c(-c3ccccc3)ccc3[cH-]c(C(C)C)cc23)c1.[Cl][Zr+2][Cl].[c-]1cccc2c1[Si]c1ccccc1-2. The van der Waals surface area contributed by atoms with Crippen LogP contribution in [0.1, 0.15) is 36.5 Å². The molecular formula is C38H32Cl2SiZr. The summed E-state index contributed by atoms with van der Waals surface area (Å²) < 4.78 is 0. The first-order chi connectivity index (χ1) is 20.4. The molecule has 0 unspecified atom stereocenters. The Hall–Kier alpha value is -2.61. The molecule has 7 rings (SSSR count). The van der Waals surface area contributed by atoms with E-state index >= 15 is 0 Å². The monoisotopic (exact) mass is 676 g/mol. The van der Waals surface area contributed by atoms with Crippen LogP contribution in [0.5, 0.6) is 0 Å². The molecule has 0 saturated heterocycles. The van der Waals surface area contributed by atoms with Crippen molar-refractivity contribution in [3.8, 4) is 33.4 Å². The molecule has 0 amide bonds. The molecule has 0 aromatic heterocycles. The molecule has 0 fully saturated rings. The molecule has 0 bridgehead atoms. The predicted octanol–water partition coefficient (Wildman–Crippen LogP) is 10.1. The number of benzene rings is 5. The Balaban J connectivity index is 0.000000183. The number of halogens is 2. The van der Waals surface area contributed by atoms with Crippen molar-refractivity contribution in [1.82, 2.24) is 0 Å². The van der Waals surface area contributed by atoms with E-state index in [1.165, 1.54) is 71.2 Å². The fourth-order valence-electron chi connectivity index (χ4n) is 5.65. The van der Waals surface area contributed by atoms with Gasteiger partial charge in [-0.2, -0.15) is 35.5 Å². The van der Waals surface area contributed by atoms with E-state index in [4.69, 9.17) is 17.0 Å². The molecule has 0 atom stereocenters. The second kappa shape index (κ2) is 14.2. The Morgan fingerprint density at radius 2 is 1.38 bits per heavy atom. The van der Waals surface area contributed by atoms with Crippen LogP contribution in [0.2, 0.25) is 0 Å². The molecule has 6 aromatic carbocycles. The largest absolute Gasteiger partial charge is 0.184 e. The van der Waals surface area contributed by atoms with Crippen molar-refractivity contribution in [2.75, 3.05) is 0 Å². The van der Waals surface area contributed by atoms with Crippen LogP contribution in [0, 0.1) is 19.9 Å². The number of aryl methyl sites for hydroxylation is 2. The van der Waals surface area contributed by atoms with Gasteiger partial charge in [-0.25, -0.2) is 0 Å². The zero-order chi connectivity index (χ0) is 29.6. The number of rotatable bonds is 3. The van der Waals surface area contributed by atoms with Crippen LogP contribution >= 0.6 is 17.0 Å². The second-order valence-corrected chi connectivity index (χ2v) is 15.9. The molecular weight excluding hydrogens is 647 g/mol. The third-order valence-electron chi connectivity index (χ3n) is 7.51. The topological polar surface area (TPSA) is 0 Å². The van der Waals surface area contributed by atoms with Crippen molar-refractivity contribution in [3.05, 3.63) is 138 Å². The molecule has 42 heavy (non-hydrogen) atoms. The van der Waals surface area contributed by atoms with Crippen LogP contribution in [0.25, 0.3) is 44.2 Å². The Kier molecular flexibility index (Phi) is 10.5. The van der Waals surface area contributed by atoms with Crippen molar-refractivity contribution < 1.29 is 20.8 Å². The summed E-state index contributed by atoms with van der Waals surface area (Å²) in [6, 6.07) is 45.1. The Labute approximate surface area is 271 Å². The average Bonchev–Trinajstić information content (AvgIpc) is 3.59. The normalized spacial score (nSPS) is 11.1. The zero-order valence-electron chi connectivity index (χ0n) is 24.3. The number of hydrogen-bond donors (Lipinski definition) is 0. The zero-order valence-corrected chi connectivity index (χ0v) is 29.3. The third-order valence-corrected chi connectivity index (χ3v) is 8.88. The minimum atomic E-state index is -0.826. The van der Waals surface area contributed by atoms with Gasteiger partial charge in [0.1, 0.15) is 0 Å². The van der Waals surface area contributed by atoms with Crippen molar-refractivity contribution in [1.29, 1.82) is 0 Å². The molecule has 6 aromatic rings. The van der Waals surface area contributed by atoms with Gasteiger partial charge >= 0.3 is 37.9 Å². The maximum atomic E-state index is 4.93. The van der Waals surface area contributed by atoms with E-state index in [2.05, 4.69) is 143 Å². The number of fused-ring (bicyclic) bond motifs is 4. The third kappa shape index (κ3) is 6.95. The Morgan fingerprint density at radius 3 is 2.10 bits per heavy atom. The summed E-state index contributed by atoms with van der Waals surface area (Å²) in [5.74, 6) is 0.537. The molecule has 0 saturated carbocycles. The van der Waals surface area contributed by atoms with Gasteiger partial charge in [0, 0.05) is 0 Å². The molecule has 1 heterocycles.